The Morgan fingerprint density at radius 2 is 1.17 bits per heavy atom. The van der Waals surface area contributed by atoms with Gasteiger partial charge in [0.05, 0.1) is 22.3 Å². The van der Waals surface area contributed by atoms with Gasteiger partial charge in [0, 0.05) is 19.6 Å². The van der Waals surface area contributed by atoms with Gasteiger partial charge in [0.15, 0.2) is 0 Å². The topological polar surface area (TPSA) is 95.1 Å². The van der Waals surface area contributed by atoms with E-state index in [2.05, 4.69) is 0 Å². The Hall–Kier alpha value is -3.81. The number of benzene rings is 2. The number of imide groups is 2. The number of unbranched alkanes of at least 4 members (excludes halogenated alkanes) is 1. The molecule has 0 bridgehead atoms. The zero-order valence-corrected chi connectivity index (χ0v) is 19.4. The first kappa shape index (κ1) is 23.0. The molecule has 180 valence electrons. The van der Waals surface area contributed by atoms with Crippen molar-refractivity contribution >= 4 is 29.5 Å². The molecule has 3 aliphatic heterocycles. The lowest BCUT2D eigenvalue weighted by Crippen LogP contribution is -2.52. The normalized spacial score (nSPS) is 18.2. The second-order valence-electron chi connectivity index (χ2n) is 9.23. The average Bonchev–Trinajstić information content (AvgIpc) is 3.29. The van der Waals surface area contributed by atoms with E-state index in [4.69, 9.17) is 0 Å². The van der Waals surface area contributed by atoms with Gasteiger partial charge in [-0.15, -0.1) is 0 Å². The fraction of sp³-hybridized carbons (Fsp3) is 0.370. The van der Waals surface area contributed by atoms with E-state index in [1.807, 2.05) is 0 Å². The summed E-state index contributed by atoms with van der Waals surface area (Å²) in [5.41, 5.74) is 1.45. The minimum Gasteiger partial charge on any atom is -0.341 e. The largest absolute Gasteiger partial charge is 0.341 e. The summed E-state index contributed by atoms with van der Waals surface area (Å²) < 4.78 is 0. The molecule has 8 nitrogen and oxygen atoms in total. The van der Waals surface area contributed by atoms with E-state index in [1.54, 1.807) is 53.4 Å². The quantitative estimate of drug-likeness (QED) is 0.455. The van der Waals surface area contributed by atoms with Crippen molar-refractivity contribution in [2.24, 2.45) is 0 Å². The first-order valence-electron chi connectivity index (χ1n) is 12.2. The van der Waals surface area contributed by atoms with Gasteiger partial charge in [-0.3, -0.25) is 33.8 Å². The first-order chi connectivity index (χ1) is 17.0. The summed E-state index contributed by atoms with van der Waals surface area (Å²) in [6.45, 7) is 1.46. The predicted molar refractivity (Wildman–Crippen MR) is 127 cm³/mol. The third kappa shape index (κ3) is 4.03. The molecule has 0 spiro atoms. The summed E-state index contributed by atoms with van der Waals surface area (Å²) in [5.74, 6) is -1.72. The number of likely N-dealkylation sites (tertiary alicyclic amines) is 1. The molecule has 5 rings (SSSR count). The second kappa shape index (κ2) is 9.44. The molecular formula is C27H27N3O5. The zero-order valence-electron chi connectivity index (χ0n) is 19.4. The fourth-order valence-corrected chi connectivity index (χ4v) is 5.23. The number of nitrogens with zero attached hydrogens (tertiary/aromatic N) is 3. The summed E-state index contributed by atoms with van der Waals surface area (Å²) in [5, 5.41) is 0. The summed E-state index contributed by atoms with van der Waals surface area (Å²) >= 11 is 0. The van der Waals surface area contributed by atoms with Crippen molar-refractivity contribution in [2.75, 3.05) is 19.6 Å². The van der Waals surface area contributed by atoms with Gasteiger partial charge in [-0.1, -0.05) is 24.3 Å². The number of amides is 5. The number of hydrogen-bond donors (Lipinski definition) is 0. The molecule has 0 radical (unpaired) electrons. The van der Waals surface area contributed by atoms with Crippen LogP contribution in [0.3, 0.4) is 0 Å². The van der Waals surface area contributed by atoms with Crippen LogP contribution >= 0.6 is 0 Å². The van der Waals surface area contributed by atoms with Crippen molar-refractivity contribution in [3.63, 3.8) is 0 Å². The van der Waals surface area contributed by atoms with Crippen LogP contribution in [0.2, 0.25) is 0 Å². The van der Waals surface area contributed by atoms with Gasteiger partial charge >= 0.3 is 0 Å². The van der Waals surface area contributed by atoms with E-state index >= 15 is 0 Å². The highest BCUT2D eigenvalue weighted by molar-refractivity contribution is 6.23. The highest BCUT2D eigenvalue weighted by atomic mass is 16.2. The molecule has 1 atom stereocenters. The van der Waals surface area contributed by atoms with Crippen molar-refractivity contribution in [1.29, 1.82) is 0 Å². The molecule has 35 heavy (non-hydrogen) atoms. The maximum Gasteiger partial charge on any atom is 0.262 e. The lowest BCUT2D eigenvalue weighted by molar-refractivity contribution is -0.136. The lowest BCUT2D eigenvalue weighted by Gasteiger charge is -2.33. The molecule has 0 saturated carbocycles. The number of hydrogen-bond acceptors (Lipinski definition) is 5. The Labute approximate surface area is 203 Å². The minimum atomic E-state index is -0.900. The molecule has 0 unspecified atom stereocenters. The Kier molecular flexibility index (Phi) is 6.19. The molecule has 0 N–H and O–H groups in total. The van der Waals surface area contributed by atoms with E-state index in [1.165, 1.54) is 4.90 Å². The molecule has 0 aromatic heterocycles. The van der Waals surface area contributed by atoms with Gasteiger partial charge < -0.3 is 4.90 Å². The highest BCUT2D eigenvalue weighted by Crippen LogP contribution is 2.28. The van der Waals surface area contributed by atoms with Gasteiger partial charge in [0.25, 0.3) is 23.6 Å². The second-order valence-corrected chi connectivity index (χ2v) is 9.23. The van der Waals surface area contributed by atoms with Gasteiger partial charge in [-0.2, -0.15) is 0 Å². The Bertz CT molecular complexity index is 1150. The van der Waals surface area contributed by atoms with Crippen LogP contribution in [0, 0.1) is 0 Å². The summed E-state index contributed by atoms with van der Waals surface area (Å²) in [6.07, 6.45) is 4.09. The van der Waals surface area contributed by atoms with E-state index in [0.717, 1.165) is 24.2 Å². The monoisotopic (exact) mass is 473 g/mol. The fourth-order valence-electron chi connectivity index (χ4n) is 5.23. The summed E-state index contributed by atoms with van der Waals surface area (Å²) in [4.78, 5) is 69.1. The maximum absolute atomic E-state index is 13.5. The number of fused-ring (bicyclic) bond motifs is 2. The van der Waals surface area contributed by atoms with Crippen molar-refractivity contribution in [2.45, 2.75) is 44.6 Å². The molecule has 0 aliphatic carbocycles. The molecule has 2 aromatic rings. The van der Waals surface area contributed by atoms with Crippen LogP contribution in [0.1, 0.15) is 80.0 Å². The van der Waals surface area contributed by atoms with Crippen LogP contribution in [-0.4, -0.2) is 69.9 Å². The minimum absolute atomic E-state index is 0.208. The van der Waals surface area contributed by atoms with Crippen LogP contribution in [0.5, 0.6) is 0 Å². The third-order valence-electron chi connectivity index (χ3n) is 7.08. The number of rotatable bonds is 7. The number of carbonyl (C=O) groups excluding carboxylic acids is 5. The highest BCUT2D eigenvalue weighted by Gasteiger charge is 2.43. The standard InChI is InChI=1S/C27H27N3O5/c31-23-18-10-2-3-11-19(18)24(32)29(23)17-9-6-14-22(27(35)28-15-7-1-8-16-28)30-25(33)20-12-4-5-13-21(20)26(30)34/h2-5,10-13,22H,1,6-9,14-17H2/t22-/m1/s1. The molecular weight excluding hydrogens is 446 g/mol. The van der Waals surface area contributed by atoms with Crippen molar-refractivity contribution in [3.05, 3.63) is 70.8 Å². The molecule has 5 amide bonds. The molecule has 2 aromatic carbocycles. The smallest absolute Gasteiger partial charge is 0.262 e. The van der Waals surface area contributed by atoms with Crippen LogP contribution < -0.4 is 0 Å². The van der Waals surface area contributed by atoms with Crippen LogP contribution in [-0.2, 0) is 4.79 Å². The molecule has 3 heterocycles. The van der Waals surface area contributed by atoms with Gasteiger partial charge in [0.1, 0.15) is 6.04 Å². The number of carbonyl (C=O) groups is 5. The Balaban J connectivity index is 1.29. The van der Waals surface area contributed by atoms with Crippen molar-refractivity contribution < 1.29 is 24.0 Å². The van der Waals surface area contributed by atoms with Crippen molar-refractivity contribution in [3.8, 4) is 0 Å². The first-order valence-corrected chi connectivity index (χ1v) is 12.2. The van der Waals surface area contributed by atoms with Crippen LogP contribution in [0.4, 0.5) is 0 Å². The SMILES string of the molecule is O=C([C@@H](CCCCN1C(=O)c2ccccc2C1=O)N1C(=O)c2ccccc2C1=O)N1CCCCC1. The predicted octanol–water partition coefficient (Wildman–Crippen LogP) is 3.13. The van der Waals surface area contributed by atoms with Gasteiger partial charge in [-0.05, 0) is 62.8 Å². The molecule has 1 saturated heterocycles. The summed E-state index contributed by atoms with van der Waals surface area (Å²) in [7, 11) is 0. The van der Waals surface area contributed by atoms with Gasteiger partial charge in [-0.25, -0.2) is 0 Å². The molecule has 8 heteroatoms. The van der Waals surface area contributed by atoms with Gasteiger partial charge in [0.2, 0.25) is 5.91 Å². The van der Waals surface area contributed by atoms with E-state index in [9.17, 15) is 24.0 Å². The van der Waals surface area contributed by atoms with Crippen LogP contribution in [0.15, 0.2) is 48.5 Å². The van der Waals surface area contributed by atoms with E-state index in [0.29, 0.717) is 48.2 Å². The molecule has 1 fully saturated rings. The maximum atomic E-state index is 13.5. The van der Waals surface area contributed by atoms with E-state index < -0.39 is 17.9 Å². The lowest BCUT2D eigenvalue weighted by atomic mass is 10.0. The Morgan fingerprint density at radius 1 is 0.686 bits per heavy atom. The van der Waals surface area contributed by atoms with Crippen molar-refractivity contribution in [1.82, 2.24) is 14.7 Å². The number of piperidine rings is 1. The zero-order chi connectivity index (χ0) is 24.5. The Morgan fingerprint density at radius 3 is 1.69 bits per heavy atom. The van der Waals surface area contributed by atoms with Crippen LogP contribution in [0.25, 0.3) is 0 Å². The summed E-state index contributed by atoms with van der Waals surface area (Å²) in [6, 6.07) is 12.5. The third-order valence-corrected chi connectivity index (χ3v) is 7.08. The average molecular weight is 474 g/mol. The van der Waals surface area contributed by atoms with E-state index in [-0.39, 0.29) is 30.7 Å². The molecule has 3 aliphatic rings.